The molecule has 0 bridgehead atoms. The van der Waals surface area contributed by atoms with E-state index in [1.165, 1.54) is 17.0 Å². The minimum Gasteiger partial charge on any atom is -0.352 e. The van der Waals surface area contributed by atoms with Gasteiger partial charge in [0, 0.05) is 22.1 Å². The van der Waals surface area contributed by atoms with Crippen LogP contribution in [0.3, 0.4) is 0 Å². The maximum atomic E-state index is 14.0. The second kappa shape index (κ2) is 13.0. The molecule has 1 fully saturated rings. The molecule has 1 aliphatic rings. The molecule has 0 saturated heterocycles. The number of hydrogen-bond donors (Lipinski definition) is 1. The van der Waals surface area contributed by atoms with Crippen molar-refractivity contribution in [3.05, 3.63) is 93.9 Å². The normalized spacial score (nSPS) is 14.5. The number of carbonyl (C=O) groups excluding carboxylic acids is 2. The summed E-state index contributed by atoms with van der Waals surface area (Å²) in [6.45, 7) is 1.22. The zero-order valence-electron chi connectivity index (χ0n) is 21.6. The highest BCUT2D eigenvalue weighted by atomic mass is 79.9. The minimum atomic E-state index is -4.10. The SMILES string of the molecule is C[C@H](C(=O)NC1CCCC1)N(Cc1ccccc1Cl)C(=O)CN(c1ccc(Br)cc1)S(=O)(=O)c1ccccc1. The van der Waals surface area contributed by atoms with Gasteiger partial charge < -0.3 is 10.2 Å². The number of carbonyl (C=O) groups is 2. The van der Waals surface area contributed by atoms with Crippen LogP contribution in [0.1, 0.15) is 38.2 Å². The third kappa shape index (κ3) is 7.21. The van der Waals surface area contributed by atoms with Crippen LogP contribution in [0.2, 0.25) is 5.02 Å². The zero-order chi connectivity index (χ0) is 28.0. The van der Waals surface area contributed by atoms with Crippen molar-refractivity contribution in [2.45, 2.75) is 56.1 Å². The molecule has 0 heterocycles. The topological polar surface area (TPSA) is 86.8 Å². The van der Waals surface area contributed by atoms with Crippen molar-refractivity contribution in [1.82, 2.24) is 10.2 Å². The van der Waals surface area contributed by atoms with Gasteiger partial charge in [0.1, 0.15) is 12.6 Å². The average Bonchev–Trinajstić information content (AvgIpc) is 3.45. The molecule has 4 rings (SSSR count). The molecule has 0 radical (unpaired) electrons. The Balaban J connectivity index is 1.68. The summed E-state index contributed by atoms with van der Waals surface area (Å²) in [5.74, 6) is -0.796. The Hall–Kier alpha value is -2.88. The van der Waals surface area contributed by atoms with Gasteiger partial charge in [0.25, 0.3) is 10.0 Å². The average molecular weight is 633 g/mol. The van der Waals surface area contributed by atoms with Crippen LogP contribution < -0.4 is 9.62 Å². The van der Waals surface area contributed by atoms with E-state index >= 15 is 0 Å². The summed E-state index contributed by atoms with van der Waals surface area (Å²) in [7, 11) is -4.10. The van der Waals surface area contributed by atoms with Crippen LogP contribution in [-0.4, -0.2) is 43.8 Å². The molecule has 1 aliphatic carbocycles. The van der Waals surface area contributed by atoms with Gasteiger partial charge in [-0.25, -0.2) is 8.42 Å². The molecule has 0 aliphatic heterocycles. The quantitative estimate of drug-likeness (QED) is 0.307. The standard InChI is InChI=1S/C29H31BrClN3O4S/c1-21(29(36)32-24-10-6-7-11-24)33(19-22-9-5-8-14-27(22)31)28(35)20-34(25-17-15-23(30)16-18-25)39(37,38)26-12-3-2-4-13-26/h2-5,8-9,12-18,21,24H,6-7,10-11,19-20H2,1H3,(H,32,36)/t21-/m1/s1. The Morgan fingerprint density at radius 3 is 2.23 bits per heavy atom. The molecule has 0 unspecified atom stereocenters. The molecule has 3 aromatic rings. The number of sulfonamides is 1. The second-order valence-corrected chi connectivity index (χ2v) is 12.8. The number of nitrogens with zero attached hydrogens (tertiary/aromatic N) is 2. The first-order valence-electron chi connectivity index (χ1n) is 12.8. The fourth-order valence-corrected chi connectivity index (χ4v) is 6.54. The maximum absolute atomic E-state index is 14.0. The van der Waals surface area contributed by atoms with Gasteiger partial charge in [0.15, 0.2) is 0 Å². The van der Waals surface area contributed by atoms with Crippen molar-refractivity contribution in [2.24, 2.45) is 0 Å². The first-order valence-corrected chi connectivity index (χ1v) is 15.4. The summed E-state index contributed by atoms with van der Waals surface area (Å²) in [5.41, 5.74) is 0.991. The summed E-state index contributed by atoms with van der Waals surface area (Å²) >= 11 is 9.79. The Labute approximate surface area is 243 Å². The summed E-state index contributed by atoms with van der Waals surface area (Å²) in [6, 6.07) is 21.0. The number of amides is 2. The van der Waals surface area contributed by atoms with Crippen molar-refractivity contribution >= 4 is 55.1 Å². The monoisotopic (exact) mass is 631 g/mol. The molecule has 1 saturated carbocycles. The number of nitrogens with one attached hydrogen (secondary N) is 1. The molecule has 2 amide bonds. The molecule has 39 heavy (non-hydrogen) atoms. The number of hydrogen-bond acceptors (Lipinski definition) is 4. The number of benzene rings is 3. The van der Waals surface area contributed by atoms with Crippen molar-refractivity contribution < 1.29 is 18.0 Å². The Bertz CT molecular complexity index is 1400. The smallest absolute Gasteiger partial charge is 0.264 e. The van der Waals surface area contributed by atoms with E-state index in [-0.39, 0.29) is 23.4 Å². The summed E-state index contributed by atoms with van der Waals surface area (Å²) in [6.07, 6.45) is 3.93. The molecule has 206 valence electrons. The van der Waals surface area contributed by atoms with Crippen molar-refractivity contribution in [2.75, 3.05) is 10.8 Å². The van der Waals surface area contributed by atoms with Crippen molar-refractivity contribution in [1.29, 1.82) is 0 Å². The van der Waals surface area contributed by atoms with Crippen LogP contribution in [0.5, 0.6) is 0 Å². The first-order chi connectivity index (χ1) is 18.7. The predicted molar refractivity (Wildman–Crippen MR) is 157 cm³/mol. The van der Waals surface area contributed by atoms with E-state index in [2.05, 4.69) is 21.2 Å². The molecule has 7 nitrogen and oxygen atoms in total. The molecule has 0 spiro atoms. The lowest BCUT2D eigenvalue weighted by molar-refractivity contribution is -0.139. The van der Waals surface area contributed by atoms with E-state index in [0.29, 0.717) is 16.3 Å². The molecular formula is C29H31BrClN3O4S. The number of rotatable bonds is 10. The van der Waals surface area contributed by atoms with Crippen LogP contribution >= 0.6 is 27.5 Å². The van der Waals surface area contributed by atoms with Crippen LogP contribution in [0, 0.1) is 0 Å². The summed E-state index contributed by atoms with van der Waals surface area (Å²) in [4.78, 5) is 28.7. The van der Waals surface area contributed by atoms with Gasteiger partial charge in [-0.2, -0.15) is 0 Å². The fourth-order valence-electron chi connectivity index (χ4n) is 4.64. The highest BCUT2D eigenvalue weighted by molar-refractivity contribution is 9.10. The Kier molecular flexibility index (Phi) is 9.69. The van der Waals surface area contributed by atoms with E-state index in [4.69, 9.17) is 11.6 Å². The van der Waals surface area contributed by atoms with E-state index in [9.17, 15) is 18.0 Å². The lowest BCUT2D eigenvalue weighted by Crippen LogP contribution is -2.52. The molecule has 1 atom stereocenters. The lowest BCUT2D eigenvalue weighted by Gasteiger charge is -2.32. The van der Waals surface area contributed by atoms with Crippen LogP contribution in [0.25, 0.3) is 0 Å². The summed E-state index contributed by atoms with van der Waals surface area (Å²) < 4.78 is 29.4. The largest absolute Gasteiger partial charge is 0.352 e. The van der Waals surface area contributed by atoms with Gasteiger partial charge in [0.2, 0.25) is 11.8 Å². The van der Waals surface area contributed by atoms with Gasteiger partial charge in [-0.3, -0.25) is 13.9 Å². The van der Waals surface area contributed by atoms with Gasteiger partial charge in [-0.15, -0.1) is 0 Å². The van der Waals surface area contributed by atoms with E-state index < -0.39 is 28.5 Å². The third-order valence-electron chi connectivity index (χ3n) is 6.89. The molecular weight excluding hydrogens is 602 g/mol. The van der Waals surface area contributed by atoms with E-state index in [1.54, 1.807) is 73.7 Å². The van der Waals surface area contributed by atoms with Gasteiger partial charge in [-0.1, -0.05) is 76.8 Å². The van der Waals surface area contributed by atoms with Crippen molar-refractivity contribution in [3.8, 4) is 0 Å². The maximum Gasteiger partial charge on any atom is 0.264 e. The Morgan fingerprint density at radius 2 is 1.59 bits per heavy atom. The number of halogens is 2. The van der Waals surface area contributed by atoms with E-state index in [0.717, 1.165) is 34.5 Å². The predicted octanol–water partition coefficient (Wildman–Crippen LogP) is 5.77. The molecule has 0 aromatic heterocycles. The van der Waals surface area contributed by atoms with Crippen molar-refractivity contribution in [3.63, 3.8) is 0 Å². The molecule has 10 heteroatoms. The van der Waals surface area contributed by atoms with Crippen LogP contribution in [0.4, 0.5) is 5.69 Å². The van der Waals surface area contributed by atoms with Crippen LogP contribution in [-0.2, 0) is 26.2 Å². The fraction of sp³-hybridized carbons (Fsp3) is 0.310. The first kappa shape index (κ1) is 29.1. The van der Waals surface area contributed by atoms with Crippen LogP contribution in [0.15, 0.2) is 88.2 Å². The Morgan fingerprint density at radius 1 is 0.974 bits per heavy atom. The van der Waals surface area contributed by atoms with Gasteiger partial charge in [-0.05, 0) is 67.8 Å². The second-order valence-electron chi connectivity index (χ2n) is 9.58. The van der Waals surface area contributed by atoms with E-state index in [1.807, 2.05) is 0 Å². The highest BCUT2D eigenvalue weighted by Crippen LogP contribution is 2.27. The zero-order valence-corrected chi connectivity index (χ0v) is 24.8. The minimum absolute atomic E-state index is 0.0529. The number of anilines is 1. The summed E-state index contributed by atoms with van der Waals surface area (Å²) in [5, 5.41) is 3.52. The lowest BCUT2D eigenvalue weighted by atomic mass is 10.1. The van der Waals surface area contributed by atoms with Gasteiger partial charge in [0.05, 0.1) is 10.6 Å². The highest BCUT2D eigenvalue weighted by Gasteiger charge is 2.33. The van der Waals surface area contributed by atoms with Gasteiger partial charge >= 0.3 is 0 Å². The third-order valence-corrected chi connectivity index (χ3v) is 9.58. The molecule has 1 N–H and O–H groups in total. The molecule has 3 aromatic carbocycles.